The van der Waals surface area contributed by atoms with E-state index in [0.717, 1.165) is 34.5 Å². The number of nitrogens with zero attached hydrogens (tertiary/aromatic N) is 2. The predicted molar refractivity (Wildman–Crippen MR) is 89.4 cm³/mol. The van der Waals surface area contributed by atoms with Gasteiger partial charge in [-0.2, -0.15) is 4.37 Å². The van der Waals surface area contributed by atoms with Crippen molar-refractivity contribution in [1.82, 2.24) is 9.36 Å². The van der Waals surface area contributed by atoms with Crippen molar-refractivity contribution in [3.05, 3.63) is 24.5 Å². The fourth-order valence-corrected chi connectivity index (χ4v) is 3.88. The molecule has 0 spiro atoms. The normalized spacial score (nSPS) is 22.1. The summed E-state index contributed by atoms with van der Waals surface area (Å²) < 4.78 is 4.30. The largest absolute Gasteiger partial charge is 0.382 e. The number of pyridine rings is 1. The van der Waals surface area contributed by atoms with Gasteiger partial charge >= 0.3 is 0 Å². The second kappa shape index (κ2) is 6.43. The average molecular weight is 302 g/mol. The summed E-state index contributed by atoms with van der Waals surface area (Å²) in [5.74, 6) is 2.15. The van der Waals surface area contributed by atoms with Crippen LogP contribution in [0.1, 0.15) is 32.6 Å². The van der Waals surface area contributed by atoms with Crippen LogP contribution in [0.5, 0.6) is 0 Å². The smallest absolute Gasteiger partial charge is 0.147 e. The SMILES string of the molecule is CC1CCCCC1CNc1snc(N)c1-c1cccnc1. The summed E-state index contributed by atoms with van der Waals surface area (Å²) in [6, 6.07) is 3.96. The van der Waals surface area contributed by atoms with Gasteiger partial charge in [-0.3, -0.25) is 4.98 Å². The molecule has 3 rings (SSSR count). The minimum absolute atomic E-state index is 0.590. The fraction of sp³-hybridized carbons (Fsp3) is 0.500. The molecule has 1 fully saturated rings. The third-order valence-corrected chi connectivity index (χ3v) is 5.30. The zero-order valence-electron chi connectivity index (χ0n) is 12.4. The summed E-state index contributed by atoms with van der Waals surface area (Å²) in [7, 11) is 0. The molecule has 2 unspecified atom stereocenters. The van der Waals surface area contributed by atoms with Gasteiger partial charge in [-0.1, -0.05) is 32.3 Å². The molecular formula is C16H22N4S. The van der Waals surface area contributed by atoms with E-state index >= 15 is 0 Å². The summed E-state index contributed by atoms with van der Waals surface area (Å²) in [5.41, 5.74) is 8.07. The van der Waals surface area contributed by atoms with E-state index in [0.29, 0.717) is 5.82 Å². The van der Waals surface area contributed by atoms with Crippen LogP contribution < -0.4 is 11.1 Å². The molecule has 2 aromatic rings. The van der Waals surface area contributed by atoms with Crippen molar-refractivity contribution in [1.29, 1.82) is 0 Å². The van der Waals surface area contributed by atoms with Crippen LogP contribution in [-0.4, -0.2) is 15.9 Å². The summed E-state index contributed by atoms with van der Waals surface area (Å²) >= 11 is 1.45. The van der Waals surface area contributed by atoms with Gasteiger partial charge in [-0.05, 0) is 35.9 Å². The Morgan fingerprint density at radius 1 is 1.38 bits per heavy atom. The second-order valence-electron chi connectivity index (χ2n) is 5.92. The first-order chi connectivity index (χ1) is 10.3. The van der Waals surface area contributed by atoms with Gasteiger partial charge < -0.3 is 11.1 Å². The minimum atomic E-state index is 0.590. The number of hydrogen-bond acceptors (Lipinski definition) is 5. The molecule has 4 nitrogen and oxygen atoms in total. The van der Waals surface area contributed by atoms with E-state index in [1.54, 1.807) is 6.20 Å². The Balaban J connectivity index is 1.74. The first kappa shape index (κ1) is 14.3. The summed E-state index contributed by atoms with van der Waals surface area (Å²) in [6.07, 6.45) is 9.03. The number of anilines is 2. The molecule has 0 aliphatic heterocycles. The number of aromatic nitrogens is 2. The highest BCUT2D eigenvalue weighted by molar-refractivity contribution is 7.11. The van der Waals surface area contributed by atoms with Gasteiger partial charge in [0.2, 0.25) is 0 Å². The lowest BCUT2D eigenvalue weighted by atomic mass is 9.80. The number of nitrogen functional groups attached to an aromatic ring is 1. The van der Waals surface area contributed by atoms with E-state index in [-0.39, 0.29) is 0 Å². The lowest BCUT2D eigenvalue weighted by molar-refractivity contribution is 0.269. The third-order valence-electron chi connectivity index (χ3n) is 4.48. The molecule has 0 amide bonds. The van der Waals surface area contributed by atoms with Crippen molar-refractivity contribution < 1.29 is 0 Å². The van der Waals surface area contributed by atoms with Crippen LogP contribution in [0.25, 0.3) is 11.1 Å². The van der Waals surface area contributed by atoms with Crippen LogP contribution in [-0.2, 0) is 0 Å². The van der Waals surface area contributed by atoms with Gasteiger partial charge in [0.25, 0.3) is 0 Å². The predicted octanol–water partition coefficient (Wildman–Crippen LogP) is 4.03. The highest BCUT2D eigenvalue weighted by Gasteiger charge is 2.22. The van der Waals surface area contributed by atoms with E-state index in [2.05, 4.69) is 21.6 Å². The number of nitrogens with two attached hydrogens (primary N) is 1. The molecule has 0 aromatic carbocycles. The summed E-state index contributed by atoms with van der Waals surface area (Å²) in [4.78, 5) is 4.18. The Labute approximate surface area is 130 Å². The van der Waals surface area contributed by atoms with E-state index in [4.69, 9.17) is 5.73 Å². The fourth-order valence-electron chi connectivity index (χ4n) is 3.13. The van der Waals surface area contributed by atoms with E-state index < -0.39 is 0 Å². The van der Waals surface area contributed by atoms with Crippen molar-refractivity contribution in [2.24, 2.45) is 11.8 Å². The van der Waals surface area contributed by atoms with Crippen molar-refractivity contribution in [2.45, 2.75) is 32.6 Å². The van der Waals surface area contributed by atoms with Crippen molar-refractivity contribution in [3.8, 4) is 11.1 Å². The second-order valence-corrected chi connectivity index (χ2v) is 6.69. The molecule has 0 bridgehead atoms. The zero-order valence-corrected chi connectivity index (χ0v) is 13.2. The van der Waals surface area contributed by atoms with Gasteiger partial charge in [0.15, 0.2) is 0 Å². The monoisotopic (exact) mass is 302 g/mol. The minimum Gasteiger partial charge on any atom is -0.382 e. The molecule has 2 aromatic heterocycles. The molecule has 5 heteroatoms. The molecule has 112 valence electrons. The average Bonchev–Trinajstić information content (AvgIpc) is 2.88. The molecule has 1 saturated carbocycles. The molecule has 3 N–H and O–H groups in total. The number of nitrogens with one attached hydrogen (secondary N) is 1. The van der Waals surface area contributed by atoms with Crippen molar-refractivity contribution in [2.75, 3.05) is 17.6 Å². The van der Waals surface area contributed by atoms with Crippen LogP contribution in [0, 0.1) is 11.8 Å². The molecule has 2 heterocycles. The maximum absolute atomic E-state index is 6.04. The summed E-state index contributed by atoms with van der Waals surface area (Å²) in [6.45, 7) is 3.38. The molecule has 0 radical (unpaired) electrons. The quantitative estimate of drug-likeness (QED) is 0.895. The van der Waals surface area contributed by atoms with Crippen LogP contribution in [0.2, 0.25) is 0 Å². The van der Waals surface area contributed by atoms with Gasteiger partial charge in [0, 0.05) is 24.5 Å². The van der Waals surface area contributed by atoms with Gasteiger partial charge in [0.1, 0.15) is 10.8 Å². The Hall–Kier alpha value is -1.62. The Morgan fingerprint density at radius 2 is 2.24 bits per heavy atom. The Morgan fingerprint density at radius 3 is 3.00 bits per heavy atom. The van der Waals surface area contributed by atoms with Gasteiger partial charge in [0.05, 0.1) is 5.56 Å². The molecule has 2 atom stereocenters. The maximum atomic E-state index is 6.04. The molecule has 0 saturated heterocycles. The Kier molecular flexibility index (Phi) is 4.39. The van der Waals surface area contributed by atoms with E-state index in [9.17, 15) is 0 Å². The molecule has 21 heavy (non-hydrogen) atoms. The van der Waals surface area contributed by atoms with Crippen molar-refractivity contribution in [3.63, 3.8) is 0 Å². The van der Waals surface area contributed by atoms with E-state index in [1.807, 2.05) is 18.3 Å². The maximum Gasteiger partial charge on any atom is 0.147 e. The Bertz CT molecular complexity index is 581. The van der Waals surface area contributed by atoms with Crippen LogP contribution >= 0.6 is 11.5 Å². The van der Waals surface area contributed by atoms with Crippen LogP contribution in [0.15, 0.2) is 24.5 Å². The van der Waals surface area contributed by atoms with Crippen LogP contribution in [0.4, 0.5) is 10.8 Å². The van der Waals surface area contributed by atoms with Gasteiger partial charge in [-0.15, -0.1) is 0 Å². The van der Waals surface area contributed by atoms with E-state index in [1.165, 1.54) is 37.2 Å². The number of rotatable bonds is 4. The third kappa shape index (κ3) is 3.18. The van der Waals surface area contributed by atoms with Crippen LogP contribution in [0.3, 0.4) is 0 Å². The lowest BCUT2D eigenvalue weighted by Crippen LogP contribution is -2.24. The topological polar surface area (TPSA) is 63.8 Å². The molecular weight excluding hydrogens is 280 g/mol. The molecule has 1 aliphatic carbocycles. The van der Waals surface area contributed by atoms with Crippen molar-refractivity contribution >= 4 is 22.4 Å². The standard InChI is InChI=1S/C16H22N4S/c1-11-5-2-3-6-12(11)10-19-16-14(15(17)20-21-16)13-7-4-8-18-9-13/h4,7-9,11-12,19H,2-3,5-6,10H2,1H3,(H2,17,20). The lowest BCUT2D eigenvalue weighted by Gasteiger charge is -2.29. The first-order valence-electron chi connectivity index (χ1n) is 7.65. The van der Waals surface area contributed by atoms with Gasteiger partial charge in [-0.25, -0.2) is 0 Å². The first-order valence-corrected chi connectivity index (χ1v) is 8.42. The highest BCUT2D eigenvalue weighted by Crippen LogP contribution is 2.37. The summed E-state index contributed by atoms with van der Waals surface area (Å²) in [5, 5.41) is 4.65. The highest BCUT2D eigenvalue weighted by atomic mass is 32.1. The number of hydrogen-bond donors (Lipinski definition) is 2. The molecule has 1 aliphatic rings. The zero-order chi connectivity index (χ0) is 14.7.